The first-order valence-electron chi connectivity index (χ1n) is 3.07. The van der Waals surface area contributed by atoms with E-state index in [2.05, 4.69) is 11.5 Å². The number of halogens is 2. The number of carbonyl (C=O) groups excluding carboxylic acids is 1. The van der Waals surface area contributed by atoms with Gasteiger partial charge in [-0.2, -0.15) is 0 Å². The highest BCUT2D eigenvalue weighted by Crippen LogP contribution is 2.49. The number of carbonyl (C=O) groups is 1. The number of amides is 2. The Bertz CT molecular complexity index is 307. The Labute approximate surface area is 79.2 Å². The van der Waals surface area contributed by atoms with Crippen LogP contribution >= 0.6 is 23.2 Å². The fourth-order valence-corrected chi connectivity index (χ4v) is 1.34. The molecule has 0 aromatic rings. The van der Waals surface area contributed by atoms with Gasteiger partial charge in [0.05, 0.1) is 10.0 Å². The summed E-state index contributed by atoms with van der Waals surface area (Å²) >= 11 is 11.3. The third-order valence-electron chi connectivity index (χ3n) is 1.37. The topological polar surface area (TPSA) is 69.1 Å². The molecule has 0 aliphatic heterocycles. The molecule has 3 nitrogen and oxygen atoms in total. The van der Waals surface area contributed by atoms with E-state index in [1.807, 2.05) is 12.1 Å². The van der Waals surface area contributed by atoms with Gasteiger partial charge >= 0.3 is 6.03 Å². The molecule has 0 heterocycles. The molecule has 0 unspecified atom stereocenters. The van der Waals surface area contributed by atoms with Crippen molar-refractivity contribution in [3.05, 3.63) is 22.2 Å². The fraction of sp³-hybridized carbons (Fsp3) is 0. The van der Waals surface area contributed by atoms with Crippen LogP contribution in [0.25, 0.3) is 11.1 Å². The second-order valence-electron chi connectivity index (χ2n) is 2.19. The van der Waals surface area contributed by atoms with Crippen LogP contribution in [0.2, 0.25) is 10.0 Å². The highest BCUT2D eigenvalue weighted by atomic mass is 35.5. The van der Waals surface area contributed by atoms with Gasteiger partial charge in [-0.3, -0.25) is 0 Å². The summed E-state index contributed by atoms with van der Waals surface area (Å²) in [4.78, 5) is 9.00. The highest BCUT2D eigenvalue weighted by molar-refractivity contribution is 6.49. The normalized spacial score (nSPS) is 9.83. The lowest BCUT2D eigenvalue weighted by Gasteiger charge is -2.19. The van der Waals surface area contributed by atoms with E-state index >= 15 is 0 Å². The van der Waals surface area contributed by atoms with Gasteiger partial charge in [-0.15, -0.1) is 0 Å². The van der Waals surface area contributed by atoms with Crippen LogP contribution < -0.4 is 11.5 Å². The maximum atomic E-state index is 9.00. The van der Waals surface area contributed by atoms with E-state index in [1.165, 1.54) is 0 Å². The number of urea groups is 1. The second-order valence-corrected chi connectivity index (χ2v) is 2.95. The molecule has 5 heteroatoms. The molecule has 2 aliphatic carbocycles. The highest BCUT2D eigenvalue weighted by Gasteiger charge is 2.22. The maximum Gasteiger partial charge on any atom is 0.309 e. The monoisotopic (exact) mass is 204 g/mol. The van der Waals surface area contributed by atoms with Gasteiger partial charge in [0.15, 0.2) is 0 Å². The minimum Gasteiger partial charge on any atom is -0.352 e. The molecule has 0 radical (unpaired) electrons. The van der Waals surface area contributed by atoms with Gasteiger partial charge < -0.3 is 11.5 Å². The lowest BCUT2D eigenvalue weighted by molar-refractivity contribution is 0.256. The molecule has 0 saturated carbocycles. The Morgan fingerprint density at radius 3 is 1.42 bits per heavy atom. The van der Waals surface area contributed by atoms with E-state index in [0.29, 0.717) is 0 Å². The summed E-state index contributed by atoms with van der Waals surface area (Å²) < 4.78 is 0. The minimum absolute atomic E-state index is 0.726. The molecule has 0 atom stereocenters. The lowest BCUT2D eigenvalue weighted by Crippen LogP contribution is -2.18. The number of primary amides is 2. The van der Waals surface area contributed by atoms with Crippen LogP contribution in [0.4, 0.5) is 4.79 Å². The molecule has 0 fully saturated rings. The van der Waals surface area contributed by atoms with Crippen LogP contribution in [0.3, 0.4) is 0 Å². The first-order chi connectivity index (χ1) is 5.54. The van der Waals surface area contributed by atoms with Crippen molar-refractivity contribution in [3.63, 3.8) is 0 Å². The number of hydrogen-bond donors (Lipinski definition) is 2. The summed E-state index contributed by atoms with van der Waals surface area (Å²) in [7, 11) is 0. The van der Waals surface area contributed by atoms with Crippen LogP contribution in [-0.4, -0.2) is 6.03 Å². The van der Waals surface area contributed by atoms with Crippen molar-refractivity contribution in [1.82, 2.24) is 0 Å². The largest absolute Gasteiger partial charge is 0.352 e. The van der Waals surface area contributed by atoms with Gasteiger partial charge in [-0.05, 0) is 0 Å². The van der Waals surface area contributed by atoms with Crippen LogP contribution in [0.1, 0.15) is 0 Å². The summed E-state index contributed by atoms with van der Waals surface area (Å²) in [6.45, 7) is 0. The zero-order chi connectivity index (χ0) is 9.30. The smallest absolute Gasteiger partial charge is 0.309 e. The summed E-state index contributed by atoms with van der Waals surface area (Å²) in [6.07, 6.45) is 0. The predicted molar refractivity (Wildman–Crippen MR) is 49.2 cm³/mol. The van der Waals surface area contributed by atoms with Gasteiger partial charge in [0.2, 0.25) is 0 Å². The molecular formula is C7H6Cl2N2O. The molecule has 0 saturated heterocycles. The molecule has 0 bridgehead atoms. The van der Waals surface area contributed by atoms with Crippen LogP contribution in [0, 0.1) is 0 Å². The number of nitrogens with two attached hydrogens (primary N) is 2. The van der Waals surface area contributed by atoms with Crippen LogP contribution in [0.5, 0.6) is 0 Å². The lowest BCUT2D eigenvalue weighted by atomic mass is 9.94. The van der Waals surface area contributed by atoms with E-state index in [0.717, 1.165) is 21.2 Å². The number of fused-ring (bicyclic) bond motifs is 1. The Morgan fingerprint density at radius 2 is 1.33 bits per heavy atom. The Balaban J connectivity index is 0.000000157. The third kappa shape index (κ3) is 1.47. The first-order valence-corrected chi connectivity index (χ1v) is 3.83. The molecule has 4 N–H and O–H groups in total. The Kier molecular flexibility index (Phi) is 2.45. The summed E-state index contributed by atoms with van der Waals surface area (Å²) in [5.41, 5.74) is 10.7. The van der Waals surface area contributed by atoms with Gasteiger partial charge in [-0.1, -0.05) is 35.3 Å². The summed E-state index contributed by atoms with van der Waals surface area (Å²) in [6, 6.07) is 3.09. The van der Waals surface area contributed by atoms with Crippen LogP contribution in [-0.2, 0) is 0 Å². The average Bonchev–Trinajstić information content (AvgIpc) is 1.84. The molecule has 12 heavy (non-hydrogen) atoms. The maximum absolute atomic E-state index is 9.00. The van der Waals surface area contributed by atoms with Crippen molar-refractivity contribution in [1.29, 1.82) is 0 Å². The van der Waals surface area contributed by atoms with Gasteiger partial charge in [0.25, 0.3) is 0 Å². The number of hydrogen-bond acceptors (Lipinski definition) is 1. The van der Waals surface area contributed by atoms with Gasteiger partial charge in [0.1, 0.15) is 0 Å². The summed E-state index contributed by atoms with van der Waals surface area (Å²) in [5, 5.41) is 1.45. The second kappa shape index (κ2) is 3.21. The molecule has 2 rings (SSSR count). The van der Waals surface area contributed by atoms with Crippen molar-refractivity contribution in [2.75, 3.05) is 0 Å². The standard InChI is InChI=1S/C6H2Cl2.CH4N2O/c7-5-3-1-2-4(3)6(5)8;2-1(3)4/h1-2H;(H4,2,3,4). The van der Waals surface area contributed by atoms with E-state index in [4.69, 9.17) is 28.0 Å². The molecule has 0 aromatic carbocycles. The van der Waals surface area contributed by atoms with E-state index in [9.17, 15) is 0 Å². The third-order valence-corrected chi connectivity index (χ3v) is 2.25. The molecule has 2 aliphatic rings. The van der Waals surface area contributed by atoms with E-state index in [1.54, 1.807) is 0 Å². The zero-order valence-corrected chi connectivity index (χ0v) is 7.49. The number of rotatable bonds is 0. The van der Waals surface area contributed by atoms with Crippen molar-refractivity contribution in [2.24, 2.45) is 11.5 Å². The zero-order valence-electron chi connectivity index (χ0n) is 5.97. The van der Waals surface area contributed by atoms with Crippen molar-refractivity contribution in [2.45, 2.75) is 0 Å². The van der Waals surface area contributed by atoms with Crippen molar-refractivity contribution < 1.29 is 4.79 Å². The molecule has 2 amide bonds. The van der Waals surface area contributed by atoms with Crippen molar-refractivity contribution in [3.8, 4) is 11.1 Å². The van der Waals surface area contributed by atoms with E-state index < -0.39 is 6.03 Å². The molecule has 0 spiro atoms. The summed E-state index contributed by atoms with van der Waals surface area (Å²) in [5.74, 6) is 0. The molecular weight excluding hydrogens is 199 g/mol. The quantitative estimate of drug-likeness (QED) is 0.678. The van der Waals surface area contributed by atoms with Crippen LogP contribution in [0.15, 0.2) is 12.1 Å². The Morgan fingerprint density at radius 1 is 1.08 bits per heavy atom. The Hall–Kier alpha value is -0.930. The average molecular weight is 205 g/mol. The van der Waals surface area contributed by atoms with E-state index in [-0.39, 0.29) is 0 Å². The SMILES string of the molecule is Clc1c2ccc-2c1Cl.NC(N)=O. The molecule has 0 aromatic heterocycles. The minimum atomic E-state index is -0.833. The molecule has 64 valence electrons. The van der Waals surface area contributed by atoms with Gasteiger partial charge in [-0.25, -0.2) is 4.79 Å². The fourth-order valence-electron chi connectivity index (χ4n) is 0.807. The van der Waals surface area contributed by atoms with Gasteiger partial charge in [0, 0.05) is 11.1 Å². The predicted octanol–water partition coefficient (Wildman–Crippen LogP) is 2.00. The number of benzene rings is 1. The first kappa shape index (κ1) is 9.16. The van der Waals surface area contributed by atoms with Crippen molar-refractivity contribution >= 4 is 29.2 Å².